The topological polar surface area (TPSA) is 109 Å². The number of aromatic nitrogens is 1. The Balaban J connectivity index is 1.76. The van der Waals surface area contributed by atoms with Gasteiger partial charge in [-0.25, -0.2) is 18.4 Å². The molecule has 2 aliphatic rings. The molecule has 8 nitrogen and oxygen atoms in total. The van der Waals surface area contributed by atoms with Crippen molar-refractivity contribution in [1.82, 2.24) is 9.99 Å². The Morgan fingerprint density at radius 3 is 2.78 bits per heavy atom. The van der Waals surface area contributed by atoms with Crippen molar-refractivity contribution in [3.63, 3.8) is 0 Å². The number of hydrogen-bond donors (Lipinski definition) is 1. The van der Waals surface area contributed by atoms with Crippen LogP contribution in [0.15, 0.2) is 29.5 Å². The number of anilines is 1. The lowest BCUT2D eigenvalue weighted by Gasteiger charge is -2.27. The number of sulfone groups is 1. The zero-order chi connectivity index (χ0) is 16.4. The molecule has 9 heteroatoms. The number of pyridine rings is 1. The Labute approximate surface area is 133 Å². The molecule has 2 amide bonds. The van der Waals surface area contributed by atoms with Crippen molar-refractivity contribution in [2.24, 2.45) is 5.10 Å². The highest BCUT2D eigenvalue weighted by Crippen LogP contribution is 2.22. The number of carbonyl (C=O) groups excluding carboxylic acids is 2. The van der Waals surface area contributed by atoms with E-state index in [0.717, 1.165) is 0 Å². The van der Waals surface area contributed by atoms with Crippen LogP contribution < -0.4 is 5.32 Å². The van der Waals surface area contributed by atoms with Gasteiger partial charge in [0.2, 0.25) is 5.91 Å². The molecule has 0 aromatic carbocycles. The molecule has 1 aromatic rings. The molecule has 1 aromatic heterocycles. The van der Waals surface area contributed by atoms with Gasteiger partial charge in [-0.3, -0.25) is 9.59 Å². The van der Waals surface area contributed by atoms with Gasteiger partial charge in [-0.15, -0.1) is 0 Å². The van der Waals surface area contributed by atoms with Crippen LogP contribution in [0, 0.1) is 0 Å². The van der Waals surface area contributed by atoms with Crippen molar-refractivity contribution < 1.29 is 18.0 Å². The lowest BCUT2D eigenvalue weighted by atomic mass is 10.1. The molecule has 0 spiro atoms. The summed E-state index contributed by atoms with van der Waals surface area (Å²) in [6.07, 6.45) is 2.28. The second-order valence-electron chi connectivity index (χ2n) is 5.51. The summed E-state index contributed by atoms with van der Waals surface area (Å²) in [6, 6.07) is 4.64. The van der Waals surface area contributed by atoms with Gasteiger partial charge in [0.15, 0.2) is 9.84 Å². The van der Waals surface area contributed by atoms with E-state index in [9.17, 15) is 18.0 Å². The number of hydrogen-bond acceptors (Lipinski definition) is 6. The third-order valence-corrected chi connectivity index (χ3v) is 5.53. The summed E-state index contributed by atoms with van der Waals surface area (Å²) in [6.45, 7) is 0. The first kappa shape index (κ1) is 15.6. The Hall–Kier alpha value is -2.29. The first-order valence-corrected chi connectivity index (χ1v) is 9.09. The van der Waals surface area contributed by atoms with Crippen molar-refractivity contribution in [3.05, 3.63) is 24.4 Å². The van der Waals surface area contributed by atoms with Gasteiger partial charge >= 0.3 is 0 Å². The molecular weight excluding hydrogens is 320 g/mol. The molecule has 0 bridgehead atoms. The fourth-order valence-electron chi connectivity index (χ4n) is 2.61. The van der Waals surface area contributed by atoms with Crippen molar-refractivity contribution in [2.75, 3.05) is 16.8 Å². The molecule has 3 heterocycles. The van der Waals surface area contributed by atoms with E-state index in [0.29, 0.717) is 12.2 Å². The molecule has 1 saturated heterocycles. The van der Waals surface area contributed by atoms with Crippen LogP contribution in [0.2, 0.25) is 0 Å². The molecule has 2 aliphatic heterocycles. The minimum Gasteiger partial charge on any atom is -0.305 e. The molecule has 0 saturated carbocycles. The maximum Gasteiger partial charge on any atom is 0.273 e. The zero-order valence-electron chi connectivity index (χ0n) is 12.3. The number of nitrogens with one attached hydrogen (secondary N) is 1. The average molecular weight is 336 g/mol. The van der Waals surface area contributed by atoms with Gasteiger partial charge in [0, 0.05) is 19.0 Å². The van der Waals surface area contributed by atoms with Crippen molar-refractivity contribution in [1.29, 1.82) is 0 Å². The van der Waals surface area contributed by atoms with Crippen LogP contribution >= 0.6 is 0 Å². The summed E-state index contributed by atoms with van der Waals surface area (Å²) in [4.78, 5) is 28.2. The van der Waals surface area contributed by atoms with Gasteiger partial charge in [-0.2, -0.15) is 5.10 Å². The summed E-state index contributed by atoms with van der Waals surface area (Å²) in [5, 5.41) is 7.89. The monoisotopic (exact) mass is 336 g/mol. The molecule has 23 heavy (non-hydrogen) atoms. The van der Waals surface area contributed by atoms with Gasteiger partial charge in [-0.1, -0.05) is 6.07 Å². The summed E-state index contributed by atoms with van der Waals surface area (Å²) in [5.74, 6) is -0.334. The van der Waals surface area contributed by atoms with E-state index >= 15 is 0 Å². The van der Waals surface area contributed by atoms with E-state index in [1.807, 2.05) is 0 Å². The fourth-order valence-corrected chi connectivity index (χ4v) is 4.31. The number of carbonyl (C=O) groups is 2. The minimum atomic E-state index is -3.13. The fraction of sp³-hybridized carbons (Fsp3) is 0.429. The normalized spacial score (nSPS) is 23.5. The average Bonchev–Trinajstić information content (AvgIpc) is 2.88. The lowest BCUT2D eigenvalue weighted by Crippen LogP contribution is -2.42. The third kappa shape index (κ3) is 3.55. The van der Waals surface area contributed by atoms with E-state index in [2.05, 4.69) is 15.4 Å². The highest BCUT2D eigenvalue weighted by atomic mass is 32.2. The quantitative estimate of drug-likeness (QED) is 0.847. The van der Waals surface area contributed by atoms with Crippen LogP contribution in [-0.4, -0.2) is 53.5 Å². The largest absolute Gasteiger partial charge is 0.305 e. The molecule has 1 fully saturated rings. The summed E-state index contributed by atoms with van der Waals surface area (Å²) < 4.78 is 23.1. The predicted octanol–water partition coefficient (Wildman–Crippen LogP) is 0.186. The number of rotatable bonds is 3. The van der Waals surface area contributed by atoms with Crippen LogP contribution in [0.5, 0.6) is 0 Å². The Bertz CT molecular complexity index is 760. The molecule has 0 radical (unpaired) electrons. The summed E-state index contributed by atoms with van der Waals surface area (Å²) in [7, 11) is -3.13. The molecule has 122 valence electrons. The molecule has 3 rings (SSSR count). The molecule has 0 aliphatic carbocycles. The second-order valence-corrected chi connectivity index (χ2v) is 7.74. The van der Waals surface area contributed by atoms with E-state index in [-0.39, 0.29) is 36.0 Å². The van der Waals surface area contributed by atoms with Crippen molar-refractivity contribution in [3.8, 4) is 0 Å². The van der Waals surface area contributed by atoms with Crippen LogP contribution in [0.1, 0.15) is 19.3 Å². The standard InChI is InChI=1S/C14H16N4O4S/c19-13-5-4-11(14(20)16-12-3-1-2-7-15-12)17-18(13)10-6-8-23(21,22)9-10/h1-3,7,10H,4-6,8-9H2,(H,15,16,20). The van der Waals surface area contributed by atoms with Crippen molar-refractivity contribution in [2.45, 2.75) is 25.3 Å². The second kappa shape index (κ2) is 6.07. The maximum absolute atomic E-state index is 12.2. The van der Waals surface area contributed by atoms with Gasteiger partial charge in [0.25, 0.3) is 5.91 Å². The number of amides is 2. The lowest BCUT2D eigenvalue weighted by molar-refractivity contribution is -0.133. The first-order chi connectivity index (χ1) is 10.9. The van der Waals surface area contributed by atoms with Crippen LogP contribution in [-0.2, 0) is 19.4 Å². The number of nitrogens with zero attached hydrogens (tertiary/aromatic N) is 3. The third-order valence-electron chi connectivity index (χ3n) is 3.78. The van der Waals surface area contributed by atoms with Gasteiger partial charge < -0.3 is 5.32 Å². The minimum absolute atomic E-state index is 0.0480. The van der Waals surface area contributed by atoms with Gasteiger partial charge in [0.1, 0.15) is 11.5 Å². The zero-order valence-corrected chi connectivity index (χ0v) is 13.1. The molecule has 1 atom stereocenters. The summed E-state index contributed by atoms with van der Waals surface area (Å²) in [5.41, 5.74) is 0.208. The van der Waals surface area contributed by atoms with Crippen molar-refractivity contribution >= 4 is 33.2 Å². The summed E-state index contributed by atoms with van der Waals surface area (Å²) >= 11 is 0. The Kier molecular flexibility index (Phi) is 4.12. The van der Waals surface area contributed by atoms with E-state index in [1.165, 1.54) is 5.01 Å². The highest BCUT2D eigenvalue weighted by Gasteiger charge is 2.37. The number of hydrazone groups is 1. The van der Waals surface area contributed by atoms with Gasteiger partial charge in [-0.05, 0) is 18.6 Å². The smallest absolute Gasteiger partial charge is 0.273 e. The van der Waals surface area contributed by atoms with Crippen LogP contribution in [0.3, 0.4) is 0 Å². The molecule has 1 N–H and O–H groups in total. The van der Waals surface area contributed by atoms with E-state index in [1.54, 1.807) is 24.4 Å². The molecular formula is C14H16N4O4S. The Morgan fingerprint density at radius 2 is 2.13 bits per heavy atom. The Morgan fingerprint density at radius 1 is 1.30 bits per heavy atom. The van der Waals surface area contributed by atoms with Crippen LogP contribution in [0.25, 0.3) is 0 Å². The molecule has 1 unspecified atom stereocenters. The maximum atomic E-state index is 12.2. The SMILES string of the molecule is O=C(Nc1ccccn1)C1=NN(C2CCS(=O)(=O)C2)C(=O)CC1. The first-order valence-electron chi connectivity index (χ1n) is 7.27. The van der Waals surface area contributed by atoms with E-state index in [4.69, 9.17) is 0 Å². The predicted molar refractivity (Wildman–Crippen MR) is 83.4 cm³/mol. The highest BCUT2D eigenvalue weighted by molar-refractivity contribution is 7.91. The van der Waals surface area contributed by atoms with E-state index < -0.39 is 21.8 Å². The van der Waals surface area contributed by atoms with Gasteiger partial charge in [0.05, 0.1) is 17.5 Å². The van der Waals surface area contributed by atoms with Crippen LogP contribution in [0.4, 0.5) is 5.82 Å².